The van der Waals surface area contributed by atoms with Gasteiger partial charge in [-0.3, -0.25) is 4.90 Å². The second kappa shape index (κ2) is 7.97. The quantitative estimate of drug-likeness (QED) is 0.878. The highest BCUT2D eigenvalue weighted by atomic mass is 32.2. The fourth-order valence-corrected chi connectivity index (χ4v) is 5.81. The zero-order valence-corrected chi connectivity index (χ0v) is 15.1. The van der Waals surface area contributed by atoms with Gasteiger partial charge in [0.15, 0.2) is 0 Å². The normalized spacial score (nSPS) is 22.7. The summed E-state index contributed by atoms with van der Waals surface area (Å²) in [4.78, 5) is 14.2. The lowest BCUT2D eigenvalue weighted by molar-refractivity contribution is -0.160. The highest BCUT2D eigenvalue weighted by Gasteiger charge is 2.45. The van der Waals surface area contributed by atoms with E-state index in [0.717, 1.165) is 11.5 Å². The van der Waals surface area contributed by atoms with Crippen LogP contribution in [-0.2, 0) is 4.79 Å². The molecule has 132 valence electrons. The largest absolute Gasteiger partial charge is 0.478 e. The number of thioether (sulfide) groups is 2. The van der Waals surface area contributed by atoms with Crippen LogP contribution in [0.25, 0.3) is 0 Å². The molecule has 1 aromatic rings. The molecule has 1 N–H and O–H groups in total. The Morgan fingerprint density at radius 3 is 2.50 bits per heavy atom. The predicted molar refractivity (Wildman–Crippen MR) is 96.6 cm³/mol. The summed E-state index contributed by atoms with van der Waals surface area (Å²) in [5, 5.41) is 9.72. The molecule has 7 heteroatoms. The van der Waals surface area contributed by atoms with Gasteiger partial charge in [-0.15, -0.1) is 0 Å². The van der Waals surface area contributed by atoms with Crippen molar-refractivity contribution in [3.8, 4) is 5.75 Å². The summed E-state index contributed by atoms with van der Waals surface area (Å²) in [7, 11) is 0. The van der Waals surface area contributed by atoms with Crippen molar-refractivity contribution in [1.29, 1.82) is 0 Å². The number of hydrogen-bond acceptors (Lipinski definition) is 5. The van der Waals surface area contributed by atoms with E-state index < -0.39 is 17.4 Å². The molecule has 0 aliphatic carbocycles. The van der Waals surface area contributed by atoms with Crippen molar-refractivity contribution >= 4 is 29.5 Å². The highest BCUT2D eigenvalue weighted by Crippen LogP contribution is 2.32. The van der Waals surface area contributed by atoms with Crippen molar-refractivity contribution in [2.75, 3.05) is 36.1 Å². The van der Waals surface area contributed by atoms with E-state index in [2.05, 4.69) is 4.90 Å². The summed E-state index contributed by atoms with van der Waals surface area (Å²) >= 11 is 3.95. The van der Waals surface area contributed by atoms with Crippen molar-refractivity contribution in [3.63, 3.8) is 0 Å². The molecule has 0 aromatic heterocycles. The standard InChI is InChI=1S/C17H22FNO3S2/c18-13-2-1-3-15(10-13)22-17(16(20)21)4-6-19(7-5-17)14-11-23-8-9-24-12-14/h1-3,10,14H,4-9,11-12H2,(H,20,21). The minimum absolute atomic E-state index is 0.284. The van der Waals surface area contributed by atoms with Gasteiger partial charge in [0.05, 0.1) is 0 Å². The second-order valence-electron chi connectivity index (χ2n) is 6.20. The fourth-order valence-electron chi connectivity index (χ4n) is 3.18. The number of halogens is 1. The Morgan fingerprint density at radius 2 is 1.92 bits per heavy atom. The number of ether oxygens (including phenoxy) is 1. The molecule has 0 spiro atoms. The number of hydrogen-bond donors (Lipinski definition) is 1. The minimum Gasteiger partial charge on any atom is -0.478 e. The van der Waals surface area contributed by atoms with E-state index in [1.54, 1.807) is 6.07 Å². The van der Waals surface area contributed by atoms with Gasteiger partial charge in [-0.05, 0) is 12.1 Å². The van der Waals surface area contributed by atoms with Crippen LogP contribution in [0.4, 0.5) is 4.39 Å². The van der Waals surface area contributed by atoms with Gasteiger partial charge in [-0.25, -0.2) is 9.18 Å². The molecule has 0 bridgehead atoms. The third kappa shape index (κ3) is 4.18. The predicted octanol–water partition coefficient (Wildman–Crippen LogP) is 2.97. The first-order valence-electron chi connectivity index (χ1n) is 8.17. The molecule has 0 radical (unpaired) electrons. The van der Waals surface area contributed by atoms with Crippen molar-refractivity contribution in [2.24, 2.45) is 0 Å². The molecule has 0 saturated carbocycles. The topological polar surface area (TPSA) is 49.8 Å². The summed E-state index contributed by atoms with van der Waals surface area (Å²) in [6.45, 7) is 1.40. The summed E-state index contributed by atoms with van der Waals surface area (Å²) in [6, 6.07) is 6.22. The lowest BCUT2D eigenvalue weighted by Gasteiger charge is -2.41. The van der Waals surface area contributed by atoms with E-state index in [1.807, 2.05) is 23.5 Å². The van der Waals surface area contributed by atoms with E-state index in [4.69, 9.17) is 4.74 Å². The van der Waals surface area contributed by atoms with E-state index in [0.29, 0.717) is 32.0 Å². The molecule has 0 atom stereocenters. The maximum atomic E-state index is 13.4. The first kappa shape index (κ1) is 17.9. The lowest BCUT2D eigenvalue weighted by atomic mass is 9.90. The molecule has 4 nitrogen and oxygen atoms in total. The Morgan fingerprint density at radius 1 is 1.25 bits per heavy atom. The van der Waals surface area contributed by atoms with E-state index >= 15 is 0 Å². The van der Waals surface area contributed by atoms with E-state index in [1.165, 1.54) is 29.7 Å². The number of carbonyl (C=O) groups is 1. The molecule has 2 aliphatic rings. The smallest absolute Gasteiger partial charge is 0.348 e. The van der Waals surface area contributed by atoms with Crippen LogP contribution in [-0.4, -0.2) is 63.7 Å². The van der Waals surface area contributed by atoms with Crippen LogP contribution in [0.5, 0.6) is 5.75 Å². The Kier molecular flexibility index (Phi) is 5.94. The first-order chi connectivity index (χ1) is 11.6. The Bertz CT molecular complexity index is 571. The van der Waals surface area contributed by atoms with Gasteiger partial charge in [-0.2, -0.15) is 23.5 Å². The fraction of sp³-hybridized carbons (Fsp3) is 0.588. The van der Waals surface area contributed by atoms with Gasteiger partial charge in [0.1, 0.15) is 11.6 Å². The van der Waals surface area contributed by atoms with Crippen LogP contribution >= 0.6 is 23.5 Å². The Labute approximate surface area is 150 Å². The van der Waals surface area contributed by atoms with Gasteiger partial charge in [0, 0.05) is 61.1 Å². The van der Waals surface area contributed by atoms with Crippen molar-refractivity contribution in [1.82, 2.24) is 4.90 Å². The minimum atomic E-state index is -1.25. The van der Waals surface area contributed by atoms with Crippen molar-refractivity contribution in [3.05, 3.63) is 30.1 Å². The molecular weight excluding hydrogens is 349 g/mol. The molecule has 2 aliphatic heterocycles. The van der Waals surface area contributed by atoms with Gasteiger partial charge in [0.25, 0.3) is 0 Å². The lowest BCUT2D eigenvalue weighted by Crippen LogP contribution is -2.55. The molecule has 2 fully saturated rings. The molecule has 24 heavy (non-hydrogen) atoms. The number of aliphatic carboxylic acids is 1. The van der Waals surface area contributed by atoms with Crippen LogP contribution in [0.1, 0.15) is 12.8 Å². The summed E-state index contributed by atoms with van der Waals surface area (Å²) in [5.74, 6) is 3.50. The van der Waals surface area contributed by atoms with E-state index in [9.17, 15) is 14.3 Å². The Balaban J connectivity index is 1.66. The number of likely N-dealkylation sites (tertiary alicyclic amines) is 1. The molecule has 0 unspecified atom stereocenters. The van der Waals surface area contributed by atoms with Gasteiger partial charge in [0.2, 0.25) is 5.60 Å². The van der Waals surface area contributed by atoms with Crippen LogP contribution in [0.3, 0.4) is 0 Å². The third-order valence-corrected chi connectivity index (χ3v) is 7.10. The SMILES string of the molecule is O=C(O)C1(Oc2cccc(F)c2)CCN(C2CSCCSC2)CC1. The molecule has 1 aromatic carbocycles. The van der Waals surface area contributed by atoms with Crippen LogP contribution in [0.2, 0.25) is 0 Å². The average Bonchev–Trinajstić information content (AvgIpc) is 2.85. The zero-order valence-electron chi connectivity index (χ0n) is 13.4. The summed E-state index contributed by atoms with van der Waals surface area (Å²) in [6.07, 6.45) is 0.843. The number of rotatable bonds is 4. The summed E-state index contributed by atoms with van der Waals surface area (Å²) in [5.41, 5.74) is -1.25. The second-order valence-corrected chi connectivity index (χ2v) is 8.50. The highest BCUT2D eigenvalue weighted by molar-refractivity contribution is 8.03. The van der Waals surface area contributed by atoms with E-state index in [-0.39, 0.29) is 5.75 Å². The van der Waals surface area contributed by atoms with Crippen molar-refractivity contribution < 1.29 is 19.0 Å². The molecule has 2 heterocycles. The monoisotopic (exact) mass is 371 g/mol. The number of nitrogens with zero attached hydrogens (tertiary/aromatic N) is 1. The van der Waals surface area contributed by atoms with Crippen LogP contribution in [0.15, 0.2) is 24.3 Å². The number of carboxylic acids is 1. The molecule has 0 amide bonds. The number of piperidine rings is 1. The molecular formula is C17H22FNO3S2. The molecule has 3 rings (SSSR count). The average molecular weight is 371 g/mol. The summed E-state index contributed by atoms with van der Waals surface area (Å²) < 4.78 is 19.1. The number of benzene rings is 1. The van der Waals surface area contributed by atoms with Crippen molar-refractivity contribution in [2.45, 2.75) is 24.5 Å². The Hall–Kier alpha value is -0.920. The maximum absolute atomic E-state index is 13.4. The third-order valence-electron chi connectivity index (χ3n) is 4.61. The number of carboxylic acid groups (broad SMARTS) is 1. The molecule has 2 saturated heterocycles. The zero-order chi connectivity index (χ0) is 17.0. The van der Waals surface area contributed by atoms with Gasteiger partial charge >= 0.3 is 5.97 Å². The van der Waals surface area contributed by atoms with Gasteiger partial charge < -0.3 is 9.84 Å². The van der Waals surface area contributed by atoms with Gasteiger partial charge in [-0.1, -0.05) is 6.07 Å². The maximum Gasteiger partial charge on any atom is 0.348 e. The van der Waals surface area contributed by atoms with Crippen LogP contribution < -0.4 is 4.74 Å². The van der Waals surface area contributed by atoms with Crippen LogP contribution in [0, 0.1) is 5.82 Å². The first-order valence-corrected chi connectivity index (χ1v) is 10.5.